The Labute approximate surface area is 389 Å². The summed E-state index contributed by atoms with van der Waals surface area (Å²) >= 11 is 14.9. The second kappa shape index (κ2) is 43.4. The highest BCUT2D eigenvalue weighted by molar-refractivity contribution is 8.26. The molecule has 17 heteroatoms. The summed E-state index contributed by atoms with van der Waals surface area (Å²) in [5.41, 5.74) is 5.32. The lowest BCUT2D eigenvalue weighted by Crippen LogP contribution is -2.42. The fourth-order valence-corrected chi connectivity index (χ4v) is 8.01. The number of carbonyl (C=O) groups excluding carboxylic acids is 2. The fraction of sp³-hybridized carbons (Fsp3) is 0.884. The minimum absolute atomic E-state index is 0.0793. The van der Waals surface area contributed by atoms with Gasteiger partial charge in [-0.15, -0.1) is 23.2 Å². The molecule has 2 aliphatic carbocycles. The van der Waals surface area contributed by atoms with Crippen molar-refractivity contribution in [2.75, 3.05) is 18.4 Å². The first-order valence-corrected chi connectivity index (χ1v) is 26.2. The molecular formula is C43H81Cl5N2O9S. The Kier molecular flexibility index (Phi) is 47.5. The van der Waals surface area contributed by atoms with Crippen molar-refractivity contribution in [3.05, 3.63) is 0 Å². The van der Waals surface area contributed by atoms with E-state index in [1.165, 1.54) is 12.8 Å². The lowest BCUT2D eigenvalue weighted by Gasteiger charge is -2.36. The van der Waals surface area contributed by atoms with Crippen LogP contribution in [0.2, 0.25) is 0 Å². The van der Waals surface area contributed by atoms with Gasteiger partial charge in [0.1, 0.15) is 0 Å². The van der Waals surface area contributed by atoms with Crippen molar-refractivity contribution in [3.63, 3.8) is 0 Å². The standard InChI is InChI=1S/C17H31NO3.C9H17NO2.C8H15ClO.C8H16O2.CH2Cl2.Cl2OS/c1-3-8-14(9-4-2)16(21)18-13-17(12-15(19)20)10-6-5-7-11-17;10-7-9(6-8(11)12)4-2-1-3-5-9;2*1-3-5-7(6-4-2)8(9)10;2-1-3;1-4(2)3/h14H,3-13H2,1-2H3,(H,18,21)(H,19,20);1-7,10H2,(H,11,12);7H,3-6H2,1-2H3;7H,3-6H2,1-2H3,(H,9,10);1H2;. The number of rotatable bonds is 22. The van der Waals surface area contributed by atoms with E-state index in [4.69, 9.17) is 60.1 Å². The Hall–Kier alpha value is -0.890. The number of carboxylic acid groups (broad SMARTS) is 3. The zero-order chi connectivity index (χ0) is 47.0. The summed E-state index contributed by atoms with van der Waals surface area (Å²) in [6, 6.07) is 0. The lowest BCUT2D eigenvalue weighted by molar-refractivity contribution is -0.142. The van der Waals surface area contributed by atoms with Gasteiger partial charge in [-0.25, -0.2) is 4.21 Å². The lowest BCUT2D eigenvalue weighted by atomic mass is 9.71. The predicted octanol–water partition coefficient (Wildman–Crippen LogP) is 12.8. The van der Waals surface area contributed by atoms with Crippen LogP contribution in [-0.4, -0.2) is 67.0 Å². The third-order valence-corrected chi connectivity index (χ3v) is 11.1. The van der Waals surface area contributed by atoms with Gasteiger partial charge in [0, 0.05) is 39.7 Å². The zero-order valence-corrected chi connectivity index (χ0v) is 42.1. The normalized spacial score (nSPS) is 14.9. The summed E-state index contributed by atoms with van der Waals surface area (Å²) in [7, 11) is 7.36. The van der Waals surface area contributed by atoms with Crippen molar-refractivity contribution in [1.82, 2.24) is 5.32 Å². The molecule has 1 amide bonds. The molecule has 2 fully saturated rings. The van der Waals surface area contributed by atoms with E-state index in [-0.39, 0.29) is 57.9 Å². The Bertz CT molecular complexity index is 1080. The summed E-state index contributed by atoms with van der Waals surface area (Å²) in [5.74, 6) is -1.87. The van der Waals surface area contributed by atoms with Gasteiger partial charge in [0.15, 0.2) is 0 Å². The van der Waals surface area contributed by atoms with Crippen molar-refractivity contribution in [2.45, 2.75) is 196 Å². The van der Waals surface area contributed by atoms with Crippen molar-refractivity contribution >= 4 is 94.5 Å². The predicted molar refractivity (Wildman–Crippen MR) is 252 cm³/mol. The average molecular weight is 979 g/mol. The number of nitrogens with two attached hydrogens (primary N) is 1. The molecule has 0 radical (unpaired) electrons. The quantitative estimate of drug-likeness (QED) is 0.0513. The molecule has 2 saturated carbocycles. The molecule has 11 nitrogen and oxygen atoms in total. The SMILES string of the molecule is CCCC(CCC)C(=O)Cl.CCCC(CCC)C(=O)NCC1(CC(=O)O)CCCCC1.CCCC(CCC)C(=O)O.ClCCl.NCC1(CC(=O)O)CCCCC1.O=S(Cl)Cl. The smallest absolute Gasteiger partial charge is 0.306 e. The van der Waals surface area contributed by atoms with Gasteiger partial charge in [-0.1, -0.05) is 119 Å². The molecule has 0 aromatic heterocycles. The van der Waals surface area contributed by atoms with E-state index < -0.39 is 27.1 Å². The first-order valence-electron chi connectivity index (χ1n) is 22.0. The maximum atomic E-state index is 12.3. The number of carboxylic acids is 3. The van der Waals surface area contributed by atoms with E-state index in [9.17, 15) is 24.0 Å². The number of carbonyl (C=O) groups is 5. The molecule has 0 aromatic rings. The Morgan fingerprint density at radius 1 is 0.600 bits per heavy atom. The Balaban J connectivity index is -0.000000346. The maximum Gasteiger partial charge on any atom is 0.306 e. The summed E-state index contributed by atoms with van der Waals surface area (Å²) in [6.07, 6.45) is 22.6. The van der Waals surface area contributed by atoms with E-state index in [0.29, 0.717) is 13.1 Å². The average Bonchev–Trinajstić information content (AvgIpc) is 3.18. The zero-order valence-electron chi connectivity index (χ0n) is 37.5. The maximum absolute atomic E-state index is 12.3. The second-order valence-corrected chi connectivity index (χ2v) is 19.6. The van der Waals surface area contributed by atoms with Gasteiger partial charge in [-0.2, -0.15) is 0 Å². The van der Waals surface area contributed by atoms with Crippen molar-refractivity contribution in [1.29, 1.82) is 0 Å². The topological polar surface area (TPSA) is 201 Å². The number of halogens is 5. The molecule has 0 bridgehead atoms. The van der Waals surface area contributed by atoms with Crippen LogP contribution < -0.4 is 11.1 Å². The molecule has 6 N–H and O–H groups in total. The van der Waals surface area contributed by atoms with Crippen LogP contribution in [0.5, 0.6) is 0 Å². The van der Waals surface area contributed by atoms with Crippen LogP contribution in [0, 0.1) is 28.6 Å². The highest BCUT2D eigenvalue weighted by atomic mass is 36.0. The third kappa shape index (κ3) is 38.8. The number of alkyl halides is 2. The molecule has 2 aliphatic rings. The fourth-order valence-electron chi connectivity index (χ4n) is 7.79. The molecule has 0 aliphatic heterocycles. The summed E-state index contributed by atoms with van der Waals surface area (Å²) in [5, 5.41) is 29.6. The first-order chi connectivity index (χ1) is 28.3. The van der Waals surface area contributed by atoms with Gasteiger partial charge < -0.3 is 26.4 Å². The molecule has 0 saturated heterocycles. The number of aliphatic carboxylic acids is 3. The van der Waals surface area contributed by atoms with E-state index in [0.717, 1.165) is 128 Å². The number of amides is 1. The van der Waals surface area contributed by atoms with Crippen LogP contribution >= 0.6 is 56.2 Å². The highest BCUT2D eigenvalue weighted by Crippen LogP contribution is 2.39. The van der Waals surface area contributed by atoms with Crippen molar-refractivity contribution in [2.24, 2.45) is 34.3 Å². The Morgan fingerprint density at radius 3 is 1.18 bits per heavy atom. The van der Waals surface area contributed by atoms with Gasteiger partial charge in [0.05, 0.1) is 24.1 Å². The number of hydrogen-bond acceptors (Lipinski definition) is 7. The molecule has 0 heterocycles. The van der Waals surface area contributed by atoms with E-state index >= 15 is 0 Å². The van der Waals surface area contributed by atoms with Gasteiger partial charge in [0.2, 0.25) is 20.4 Å². The van der Waals surface area contributed by atoms with E-state index in [2.05, 4.69) is 54.4 Å². The van der Waals surface area contributed by atoms with Crippen LogP contribution in [0.4, 0.5) is 0 Å². The molecule has 0 spiro atoms. The van der Waals surface area contributed by atoms with E-state index in [1.807, 2.05) is 13.8 Å². The van der Waals surface area contributed by atoms with E-state index in [1.54, 1.807) is 0 Å². The van der Waals surface area contributed by atoms with Crippen molar-refractivity contribution in [3.8, 4) is 0 Å². The van der Waals surface area contributed by atoms with Crippen LogP contribution in [0.25, 0.3) is 0 Å². The van der Waals surface area contributed by atoms with Gasteiger partial charge >= 0.3 is 17.9 Å². The third-order valence-electron chi connectivity index (χ3n) is 10.8. The largest absolute Gasteiger partial charge is 0.481 e. The van der Waals surface area contributed by atoms with Crippen LogP contribution in [0.3, 0.4) is 0 Å². The summed E-state index contributed by atoms with van der Waals surface area (Å²) < 4.78 is 9.09. The summed E-state index contributed by atoms with van der Waals surface area (Å²) in [6.45, 7) is 13.4. The van der Waals surface area contributed by atoms with Gasteiger partial charge in [-0.05, 0) is 93.2 Å². The van der Waals surface area contributed by atoms with Crippen LogP contribution in [0.15, 0.2) is 0 Å². The minimum atomic E-state index is -1.67. The molecular weight excluding hydrogens is 898 g/mol. The number of nitrogens with one attached hydrogen (secondary N) is 1. The molecule has 60 heavy (non-hydrogen) atoms. The molecule has 358 valence electrons. The first kappa shape index (κ1) is 65.7. The monoisotopic (exact) mass is 976 g/mol. The molecule has 0 atom stereocenters. The number of hydrogen-bond donors (Lipinski definition) is 5. The Morgan fingerprint density at radius 2 is 0.900 bits per heavy atom. The van der Waals surface area contributed by atoms with Gasteiger partial charge in [-0.3, -0.25) is 24.0 Å². The van der Waals surface area contributed by atoms with Crippen LogP contribution in [-0.2, 0) is 33.2 Å². The minimum Gasteiger partial charge on any atom is -0.481 e. The molecule has 2 rings (SSSR count). The molecule has 0 aromatic carbocycles. The highest BCUT2D eigenvalue weighted by Gasteiger charge is 2.35. The molecule has 0 unspecified atom stereocenters. The van der Waals surface area contributed by atoms with Crippen molar-refractivity contribution < 1.29 is 43.5 Å². The second-order valence-electron chi connectivity index (χ2n) is 15.9. The van der Waals surface area contributed by atoms with Crippen LogP contribution in [0.1, 0.15) is 196 Å². The summed E-state index contributed by atoms with van der Waals surface area (Å²) in [4.78, 5) is 55.2. The van der Waals surface area contributed by atoms with Gasteiger partial charge in [0.25, 0.3) is 0 Å².